The Labute approximate surface area is 181 Å². The molecule has 0 heterocycles. The zero-order chi connectivity index (χ0) is 22.7. The molecule has 7 heteroatoms. The summed E-state index contributed by atoms with van der Waals surface area (Å²) in [5.74, 6) is -0.543. The van der Waals surface area contributed by atoms with Crippen LogP contribution < -0.4 is 10.6 Å². The van der Waals surface area contributed by atoms with Crippen LogP contribution >= 0.6 is 0 Å². The van der Waals surface area contributed by atoms with E-state index < -0.39 is 35.1 Å². The van der Waals surface area contributed by atoms with Gasteiger partial charge in [-0.1, -0.05) is 68.8 Å². The largest absolute Gasteiger partial charge is 0.404 e. The molecule has 0 aliphatic heterocycles. The molecule has 3 atom stereocenters. The minimum Gasteiger partial charge on any atom is -0.336 e. The van der Waals surface area contributed by atoms with Crippen molar-refractivity contribution in [1.82, 2.24) is 10.6 Å². The molecular weight excluding hydrogens is 403 g/mol. The van der Waals surface area contributed by atoms with Gasteiger partial charge in [0.1, 0.15) is 11.6 Å². The van der Waals surface area contributed by atoms with Gasteiger partial charge in [-0.2, -0.15) is 18.4 Å². The van der Waals surface area contributed by atoms with E-state index in [1.54, 1.807) is 19.1 Å². The second-order valence-corrected chi connectivity index (χ2v) is 8.73. The van der Waals surface area contributed by atoms with Crippen LogP contribution in [0.4, 0.5) is 13.2 Å². The fourth-order valence-electron chi connectivity index (χ4n) is 3.96. The number of benzene rings is 1. The number of hydrogen-bond donors (Lipinski definition) is 2. The number of nitrogens with zero attached hydrogens (tertiary/aromatic N) is 1. The van der Waals surface area contributed by atoms with Crippen LogP contribution in [-0.2, 0) is 4.79 Å². The first-order valence-electron chi connectivity index (χ1n) is 10.6. The molecule has 1 unspecified atom stereocenters. The molecule has 0 spiro atoms. The summed E-state index contributed by atoms with van der Waals surface area (Å²) in [6.45, 7) is 3.38. The molecule has 2 aliphatic rings. The summed E-state index contributed by atoms with van der Waals surface area (Å²) in [5, 5.41) is 14.5. The van der Waals surface area contributed by atoms with Gasteiger partial charge in [0.05, 0.1) is 12.1 Å². The molecule has 1 aromatic rings. The summed E-state index contributed by atoms with van der Waals surface area (Å²) in [5.41, 5.74) is -0.325. The standard InChI is InChI=1S/C24H28F3N3O/c1-3-7-19(20(31)30-23(16-28)14-15-23)29-21(24(25,26)27)22(2)12-10-18(11-13-22)17-8-5-4-6-9-17/h4-6,8-12,19,21,29H,3,7,13-15H2,1-2H3,(H,30,31)/t19-,21-,22?/m0/s1. The summed E-state index contributed by atoms with van der Waals surface area (Å²) < 4.78 is 42.4. The highest BCUT2D eigenvalue weighted by Gasteiger charge is 2.52. The second-order valence-electron chi connectivity index (χ2n) is 8.73. The maximum atomic E-state index is 14.1. The molecule has 0 aromatic heterocycles. The van der Waals surface area contributed by atoms with Gasteiger partial charge < -0.3 is 5.32 Å². The molecule has 1 amide bonds. The van der Waals surface area contributed by atoms with Crippen molar-refractivity contribution in [2.75, 3.05) is 0 Å². The van der Waals surface area contributed by atoms with Crippen LogP contribution in [0.25, 0.3) is 5.57 Å². The fourth-order valence-corrected chi connectivity index (χ4v) is 3.96. The van der Waals surface area contributed by atoms with Crippen LogP contribution in [0, 0.1) is 16.7 Å². The van der Waals surface area contributed by atoms with Gasteiger partial charge in [0.25, 0.3) is 0 Å². The number of carbonyl (C=O) groups is 1. The summed E-state index contributed by atoms with van der Waals surface area (Å²) in [6.07, 6.45) is 2.64. The van der Waals surface area contributed by atoms with Gasteiger partial charge in [0.2, 0.25) is 5.91 Å². The van der Waals surface area contributed by atoms with Gasteiger partial charge >= 0.3 is 6.18 Å². The van der Waals surface area contributed by atoms with Gasteiger partial charge in [-0.25, -0.2) is 0 Å². The average molecular weight is 432 g/mol. The van der Waals surface area contributed by atoms with Crippen molar-refractivity contribution in [2.24, 2.45) is 5.41 Å². The number of nitrogens with one attached hydrogen (secondary N) is 2. The van der Waals surface area contributed by atoms with E-state index in [1.165, 1.54) is 0 Å². The Morgan fingerprint density at radius 2 is 1.94 bits per heavy atom. The number of nitriles is 1. The molecule has 31 heavy (non-hydrogen) atoms. The SMILES string of the molecule is CCC[C@H](N[C@H](C(F)(F)F)C1(C)C=CC(c2ccccc2)=CC1)C(=O)NC1(C#N)CC1. The molecule has 4 nitrogen and oxygen atoms in total. The predicted molar refractivity (Wildman–Crippen MR) is 114 cm³/mol. The van der Waals surface area contributed by atoms with E-state index in [0.717, 1.165) is 11.1 Å². The van der Waals surface area contributed by atoms with Crippen LogP contribution in [0.1, 0.15) is 51.5 Å². The molecule has 166 valence electrons. The van der Waals surface area contributed by atoms with E-state index in [4.69, 9.17) is 0 Å². The lowest BCUT2D eigenvalue weighted by molar-refractivity contribution is -0.178. The number of rotatable bonds is 8. The van der Waals surface area contributed by atoms with Crippen molar-refractivity contribution >= 4 is 11.5 Å². The Balaban J connectivity index is 1.79. The highest BCUT2D eigenvalue weighted by atomic mass is 19.4. The topological polar surface area (TPSA) is 64.9 Å². The number of allylic oxidation sites excluding steroid dienone is 3. The molecule has 1 aromatic carbocycles. The third-order valence-corrected chi connectivity index (χ3v) is 6.09. The van der Waals surface area contributed by atoms with Gasteiger partial charge in [0, 0.05) is 5.41 Å². The molecule has 0 bridgehead atoms. The molecule has 2 aliphatic carbocycles. The van der Waals surface area contributed by atoms with Crippen molar-refractivity contribution < 1.29 is 18.0 Å². The molecule has 0 radical (unpaired) electrons. The zero-order valence-electron chi connectivity index (χ0n) is 17.8. The first-order valence-corrected chi connectivity index (χ1v) is 10.6. The Morgan fingerprint density at radius 1 is 1.26 bits per heavy atom. The van der Waals surface area contributed by atoms with Crippen molar-refractivity contribution in [3.05, 3.63) is 54.1 Å². The normalized spacial score (nSPS) is 23.9. The molecular formula is C24H28F3N3O. The Kier molecular flexibility index (Phi) is 6.61. The average Bonchev–Trinajstić information content (AvgIpc) is 3.51. The third kappa shape index (κ3) is 5.37. The number of carbonyl (C=O) groups excluding carboxylic acids is 1. The van der Waals surface area contributed by atoms with E-state index in [9.17, 15) is 23.2 Å². The van der Waals surface area contributed by atoms with Gasteiger partial charge in [0.15, 0.2) is 0 Å². The van der Waals surface area contributed by atoms with Crippen LogP contribution in [0.2, 0.25) is 0 Å². The van der Waals surface area contributed by atoms with E-state index in [2.05, 4.69) is 16.7 Å². The predicted octanol–water partition coefficient (Wildman–Crippen LogP) is 4.90. The first-order chi connectivity index (χ1) is 14.6. The van der Waals surface area contributed by atoms with E-state index in [0.29, 0.717) is 19.3 Å². The lowest BCUT2D eigenvalue weighted by Gasteiger charge is -2.40. The molecule has 2 N–H and O–H groups in total. The fraction of sp³-hybridized carbons (Fsp3) is 0.500. The zero-order valence-corrected chi connectivity index (χ0v) is 17.8. The summed E-state index contributed by atoms with van der Waals surface area (Å²) >= 11 is 0. The number of amides is 1. The maximum Gasteiger partial charge on any atom is 0.404 e. The van der Waals surface area contributed by atoms with Crippen molar-refractivity contribution in [3.63, 3.8) is 0 Å². The molecule has 1 saturated carbocycles. The van der Waals surface area contributed by atoms with E-state index in [-0.39, 0.29) is 12.8 Å². The summed E-state index contributed by atoms with van der Waals surface area (Å²) in [7, 11) is 0. The van der Waals surface area contributed by atoms with Crippen molar-refractivity contribution in [2.45, 2.75) is 69.8 Å². The monoisotopic (exact) mass is 431 g/mol. The van der Waals surface area contributed by atoms with E-state index in [1.807, 2.05) is 43.3 Å². The number of alkyl halides is 3. The summed E-state index contributed by atoms with van der Waals surface area (Å²) in [4.78, 5) is 12.7. The number of hydrogen-bond acceptors (Lipinski definition) is 3. The number of halogens is 3. The quantitative estimate of drug-likeness (QED) is 0.616. The summed E-state index contributed by atoms with van der Waals surface area (Å²) in [6, 6.07) is 8.64. The minimum absolute atomic E-state index is 0.188. The lowest BCUT2D eigenvalue weighted by atomic mass is 9.74. The lowest BCUT2D eigenvalue weighted by Crippen LogP contribution is -2.60. The molecule has 3 rings (SSSR count). The Morgan fingerprint density at radius 3 is 2.42 bits per heavy atom. The molecule has 0 saturated heterocycles. The Hall–Kier alpha value is -2.59. The van der Waals surface area contributed by atoms with Gasteiger partial charge in [-0.15, -0.1) is 0 Å². The maximum absolute atomic E-state index is 14.1. The first kappa shape index (κ1) is 23.1. The van der Waals surface area contributed by atoms with Crippen LogP contribution in [0.15, 0.2) is 48.6 Å². The van der Waals surface area contributed by atoms with Crippen LogP contribution in [-0.4, -0.2) is 29.7 Å². The van der Waals surface area contributed by atoms with E-state index >= 15 is 0 Å². The minimum atomic E-state index is -4.55. The second kappa shape index (κ2) is 8.88. The molecule has 1 fully saturated rings. The van der Waals surface area contributed by atoms with Gasteiger partial charge in [-0.05, 0) is 36.8 Å². The van der Waals surface area contributed by atoms with Crippen LogP contribution in [0.3, 0.4) is 0 Å². The highest BCUT2D eigenvalue weighted by molar-refractivity contribution is 5.83. The highest BCUT2D eigenvalue weighted by Crippen LogP contribution is 2.42. The van der Waals surface area contributed by atoms with Crippen molar-refractivity contribution in [3.8, 4) is 6.07 Å². The van der Waals surface area contributed by atoms with Gasteiger partial charge in [-0.3, -0.25) is 10.1 Å². The van der Waals surface area contributed by atoms with Crippen LogP contribution in [0.5, 0.6) is 0 Å². The smallest absolute Gasteiger partial charge is 0.336 e. The third-order valence-electron chi connectivity index (χ3n) is 6.09. The Bertz CT molecular complexity index is 897. The van der Waals surface area contributed by atoms with Crippen molar-refractivity contribution in [1.29, 1.82) is 5.26 Å².